The molecule has 0 saturated heterocycles. The average molecular weight is 253 g/mol. The van der Waals surface area contributed by atoms with Crippen molar-refractivity contribution in [1.29, 1.82) is 0 Å². The third-order valence-corrected chi connectivity index (χ3v) is 2.86. The van der Waals surface area contributed by atoms with Gasteiger partial charge in [-0.1, -0.05) is 12.1 Å². The first-order valence-electron chi connectivity index (χ1n) is 5.66. The van der Waals surface area contributed by atoms with Gasteiger partial charge in [-0.15, -0.1) is 0 Å². The van der Waals surface area contributed by atoms with Crippen LogP contribution in [-0.4, -0.2) is 38.4 Å². The van der Waals surface area contributed by atoms with E-state index in [-0.39, 0.29) is 0 Å². The third-order valence-electron chi connectivity index (χ3n) is 2.86. The minimum Gasteiger partial charge on any atom is -0.497 e. The van der Waals surface area contributed by atoms with Crippen molar-refractivity contribution in [3.05, 3.63) is 29.8 Å². The van der Waals surface area contributed by atoms with Gasteiger partial charge in [0.25, 0.3) is 0 Å². The van der Waals surface area contributed by atoms with E-state index in [1.165, 1.54) is 0 Å². The molecule has 1 unspecified atom stereocenters. The van der Waals surface area contributed by atoms with E-state index in [1.54, 1.807) is 45.4 Å². The Hall–Kier alpha value is -1.59. The summed E-state index contributed by atoms with van der Waals surface area (Å²) in [6.07, 6.45) is 0. The standard InChI is InChI=1S/C13H19NO4/c1-13(12(15)16,14-7-8-17-2)10-5-4-6-11(9-10)18-3/h4-6,9,14H,7-8H2,1-3H3,(H,15,16). The van der Waals surface area contributed by atoms with E-state index in [1.807, 2.05) is 0 Å². The average Bonchev–Trinajstić information content (AvgIpc) is 2.38. The highest BCUT2D eigenvalue weighted by Crippen LogP contribution is 2.24. The number of rotatable bonds is 7. The van der Waals surface area contributed by atoms with E-state index in [0.717, 1.165) is 0 Å². The Balaban J connectivity index is 2.98. The van der Waals surface area contributed by atoms with Gasteiger partial charge in [0.1, 0.15) is 11.3 Å². The van der Waals surface area contributed by atoms with Crippen LogP contribution in [0.3, 0.4) is 0 Å². The van der Waals surface area contributed by atoms with Crippen LogP contribution in [0.1, 0.15) is 12.5 Å². The van der Waals surface area contributed by atoms with Crippen LogP contribution in [0.4, 0.5) is 0 Å². The molecular formula is C13H19NO4. The summed E-state index contributed by atoms with van der Waals surface area (Å²) in [6.45, 7) is 2.53. The van der Waals surface area contributed by atoms with Crippen LogP contribution in [0.5, 0.6) is 5.75 Å². The van der Waals surface area contributed by atoms with E-state index < -0.39 is 11.5 Å². The number of aliphatic carboxylic acids is 1. The molecule has 1 atom stereocenters. The second-order valence-electron chi connectivity index (χ2n) is 4.08. The largest absolute Gasteiger partial charge is 0.497 e. The molecule has 0 radical (unpaired) electrons. The van der Waals surface area contributed by atoms with Crippen LogP contribution in [0.15, 0.2) is 24.3 Å². The molecule has 5 nitrogen and oxygen atoms in total. The van der Waals surface area contributed by atoms with Crippen molar-refractivity contribution in [2.24, 2.45) is 0 Å². The normalized spacial score (nSPS) is 13.9. The fraction of sp³-hybridized carbons (Fsp3) is 0.462. The van der Waals surface area contributed by atoms with Crippen LogP contribution in [0.2, 0.25) is 0 Å². The molecule has 0 aromatic heterocycles. The van der Waals surface area contributed by atoms with E-state index in [0.29, 0.717) is 24.5 Å². The minimum absolute atomic E-state index is 0.451. The molecule has 0 spiro atoms. The SMILES string of the molecule is COCCNC(C)(C(=O)O)c1cccc(OC)c1. The van der Waals surface area contributed by atoms with E-state index in [9.17, 15) is 9.90 Å². The maximum atomic E-state index is 11.5. The molecule has 0 amide bonds. The molecule has 0 aliphatic carbocycles. The first-order chi connectivity index (χ1) is 8.54. The molecule has 0 saturated carbocycles. The van der Waals surface area contributed by atoms with Gasteiger partial charge in [0.15, 0.2) is 0 Å². The van der Waals surface area contributed by atoms with Crippen LogP contribution in [0.25, 0.3) is 0 Å². The summed E-state index contributed by atoms with van der Waals surface area (Å²) >= 11 is 0. The summed E-state index contributed by atoms with van der Waals surface area (Å²) in [5, 5.41) is 12.4. The zero-order valence-corrected chi connectivity index (χ0v) is 10.9. The third kappa shape index (κ3) is 3.21. The number of benzene rings is 1. The Morgan fingerprint density at radius 3 is 2.72 bits per heavy atom. The van der Waals surface area contributed by atoms with Gasteiger partial charge in [0, 0.05) is 13.7 Å². The molecule has 100 valence electrons. The molecule has 18 heavy (non-hydrogen) atoms. The Labute approximate surface area is 107 Å². The maximum Gasteiger partial charge on any atom is 0.328 e. The highest BCUT2D eigenvalue weighted by Gasteiger charge is 2.34. The van der Waals surface area contributed by atoms with Gasteiger partial charge in [-0.3, -0.25) is 5.32 Å². The quantitative estimate of drug-likeness (QED) is 0.715. The minimum atomic E-state index is -1.16. The van der Waals surface area contributed by atoms with Gasteiger partial charge in [-0.05, 0) is 24.6 Å². The first-order valence-corrected chi connectivity index (χ1v) is 5.66. The number of methoxy groups -OCH3 is 2. The van der Waals surface area contributed by atoms with E-state index >= 15 is 0 Å². The number of carboxylic acid groups (broad SMARTS) is 1. The molecule has 0 bridgehead atoms. The number of hydrogen-bond acceptors (Lipinski definition) is 4. The molecule has 5 heteroatoms. The second-order valence-corrected chi connectivity index (χ2v) is 4.08. The molecule has 0 aliphatic heterocycles. The van der Waals surface area contributed by atoms with E-state index in [2.05, 4.69) is 5.32 Å². The van der Waals surface area contributed by atoms with Crippen molar-refractivity contribution in [2.45, 2.75) is 12.5 Å². The van der Waals surface area contributed by atoms with Crippen molar-refractivity contribution in [2.75, 3.05) is 27.4 Å². The molecule has 1 rings (SSSR count). The number of nitrogens with one attached hydrogen (secondary N) is 1. The van der Waals surface area contributed by atoms with Crippen LogP contribution in [-0.2, 0) is 15.1 Å². The molecule has 2 N–H and O–H groups in total. The second kappa shape index (κ2) is 6.37. The molecule has 1 aromatic rings. The first kappa shape index (κ1) is 14.5. The monoisotopic (exact) mass is 253 g/mol. The van der Waals surface area contributed by atoms with Crippen molar-refractivity contribution >= 4 is 5.97 Å². The lowest BCUT2D eigenvalue weighted by atomic mass is 9.92. The van der Waals surface area contributed by atoms with Gasteiger partial charge in [-0.2, -0.15) is 0 Å². The Kier molecular flexibility index (Phi) is 5.12. The van der Waals surface area contributed by atoms with Gasteiger partial charge >= 0.3 is 5.97 Å². The highest BCUT2D eigenvalue weighted by atomic mass is 16.5. The summed E-state index contributed by atoms with van der Waals surface area (Å²) < 4.78 is 10.0. The summed E-state index contributed by atoms with van der Waals surface area (Å²) in [6, 6.07) is 7.03. The van der Waals surface area contributed by atoms with Gasteiger partial charge < -0.3 is 14.6 Å². The Morgan fingerprint density at radius 2 is 2.17 bits per heavy atom. The molecular weight excluding hydrogens is 234 g/mol. The maximum absolute atomic E-state index is 11.5. The smallest absolute Gasteiger partial charge is 0.328 e. The Morgan fingerprint density at radius 1 is 1.44 bits per heavy atom. The summed E-state index contributed by atoms with van der Waals surface area (Å²) in [5.41, 5.74) is -0.516. The molecule has 0 heterocycles. The zero-order valence-electron chi connectivity index (χ0n) is 10.9. The summed E-state index contributed by atoms with van der Waals surface area (Å²) in [5.74, 6) is -0.305. The Bertz CT molecular complexity index is 408. The van der Waals surface area contributed by atoms with Gasteiger partial charge in [0.2, 0.25) is 0 Å². The van der Waals surface area contributed by atoms with Crippen molar-refractivity contribution in [1.82, 2.24) is 5.32 Å². The highest BCUT2D eigenvalue weighted by molar-refractivity contribution is 5.80. The van der Waals surface area contributed by atoms with Crippen molar-refractivity contribution in [3.63, 3.8) is 0 Å². The molecule has 1 aromatic carbocycles. The summed E-state index contributed by atoms with van der Waals surface area (Å²) in [7, 11) is 3.13. The number of carbonyl (C=O) groups is 1. The van der Waals surface area contributed by atoms with Crippen molar-refractivity contribution < 1.29 is 19.4 Å². The lowest BCUT2D eigenvalue weighted by Crippen LogP contribution is -2.47. The van der Waals surface area contributed by atoms with Crippen molar-refractivity contribution in [3.8, 4) is 5.75 Å². The van der Waals surface area contributed by atoms with Gasteiger partial charge in [-0.25, -0.2) is 4.79 Å². The fourth-order valence-electron chi connectivity index (χ4n) is 1.64. The van der Waals surface area contributed by atoms with Crippen LogP contribution >= 0.6 is 0 Å². The zero-order chi connectivity index (χ0) is 13.6. The number of hydrogen-bond donors (Lipinski definition) is 2. The van der Waals surface area contributed by atoms with Crippen LogP contribution < -0.4 is 10.1 Å². The number of ether oxygens (including phenoxy) is 2. The predicted octanol–water partition coefficient (Wildman–Crippen LogP) is 1.23. The van der Waals surface area contributed by atoms with E-state index in [4.69, 9.17) is 9.47 Å². The molecule has 0 fully saturated rings. The lowest BCUT2D eigenvalue weighted by molar-refractivity contribution is -0.144. The molecule has 0 aliphatic rings. The summed E-state index contributed by atoms with van der Waals surface area (Å²) in [4.78, 5) is 11.5. The lowest BCUT2D eigenvalue weighted by Gasteiger charge is -2.27. The van der Waals surface area contributed by atoms with Crippen LogP contribution in [0, 0.1) is 0 Å². The number of carboxylic acids is 1. The van der Waals surface area contributed by atoms with Gasteiger partial charge in [0.05, 0.1) is 13.7 Å². The predicted molar refractivity (Wildman–Crippen MR) is 67.9 cm³/mol. The topological polar surface area (TPSA) is 67.8 Å². The fourth-order valence-corrected chi connectivity index (χ4v) is 1.64.